The van der Waals surface area contributed by atoms with Gasteiger partial charge in [-0.15, -0.1) is 6.42 Å². The number of rotatable bonds is 9. The highest BCUT2D eigenvalue weighted by atomic mass is 19.1. The molecule has 4 fully saturated rings. The minimum absolute atomic E-state index is 0.0209. The van der Waals surface area contributed by atoms with E-state index >= 15 is 4.39 Å². The number of hydrogen-bond acceptors (Lipinski definition) is 9. The van der Waals surface area contributed by atoms with Gasteiger partial charge in [0.15, 0.2) is 0 Å². The predicted octanol–water partition coefficient (Wildman–Crippen LogP) is 3.75. The molecule has 11 heteroatoms. The lowest BCUT2D eigenvalue weighted by molar-refractivity contribution is -0.0395. The number of halogens is 1. The summed E-state index contributed by atoms with van der Waals surface area (Å²) >= 11 is 0. The first kappa shape index (κ1) is 30.1. The van der Waals surface area contributed by atoms with Gasteiger partial charge in [0.05, 0.1) is 36.6 Å². The highest BCUT2D eigenvalue weighted by Gasteiger charge is 2.44. The molecule has 8 rings (SSSR count). The highest BCUT2D eigenvalue weighted by Crippen LogP contribution is 2.46. The molecule has 1 aliphatic carbocycles. The summed E-state index contributed by atoms with van der Waals surface area (Å²) in [7, 11) is 4.13. The van der Waals surface area contributed by atoms with Gasteiger partial charge in [0.25, 0.3) is 5.56 Å². The predicted molar refractivity (Wildman–Crippen MR) is 178 cm³/mol. The number of piperazine rings is 1. The molecule has 0 radical (unpaired) electrons. The number of aromatic nitrogens is 3. The SMILES string of the molecule is C#Cc1c(F)ccc2cc(O)cc(-c3cc4nc(OCC5(CN(C)C)CC5)nc(N5CC6CCC(C5)N6)c4c(=O)n3CC3COC3)c12. The summed E-state index contributed by atoms with van der Waals surface area (Å²) in [6.07, 6.45) is 10.1. The fraction of sp³-hybridized carbons (Fsp3) is 0.472. The minimum Gasteiger partial charge on any atom is -0.508 e. The van der Waals surface area contributed by atoms with Crippen molar-refractivity contribution in [3.05, 3.63) is 52.1 Å². The van der Waals surface area contributed by atoms with Crippen LogP contribution in [0.3, 0.4) is 0 Å². The molecule has 47 heavy (non-hydrogen) atoms. The second kappa shape index (κ2) is 11.5. The fourth-order valence-electron chi connectivity index (χ4n) is 7.70. The molecule has 3 aliphatic heterocycles. The summed E-state index contributed by atoms with van der Waals surface area (Å²) in [6, 6.07) is 8.70. The van der Waals surface area contributed by atoms with Crippen LogP contribution in [0.2, 0.25) is 0 Å². The van der Waals surface area contributed by atoms with Gasteiger partial charge in [-0.2, -0.15) is 9.97 Å². The van der Waals surface area contributed by atoms with Gasteiger partial charge in [-0.25, -0.2) is 4.39 Å². The second-order valence-corrected chi connectivity index (χ2v) is 14.2. The normalized spacial score (nSPS) is 21.7. The van der Waals surface area contributed by atoms with Crippen LogP contribution in [0.5, 0.6) is 11.8 Å². The number of ether oxygens (including phenoxy) is 2. The summed E-state index contributed by atoms with van der Waals surface area (Å²) in [5.74, 6) is 2.63. The van der Waals surface area contributed by atoms with E-state index in [1.807, 2.05) is 6.07 Å². The van der Waals surface area contributed by atoms with E-state index in [1.165, 1.54) is 6.07 Å². The molecule has 3 saturated heterocycles. The monoisotopic (exact) mass is 638 g/mol. The molecular formula is C36H39FN6O4. The van der Waals surface area contributed by atoms with Crippen molar-refractivity contribution in [2.45, 2.75) is 44.3 Å². The van der Waals surface area contributed by atoms with E-state index < -0.39 is 5.82 Å². The van der Waals surface area contributed by atoms with Gasteiger partial charge in [-0.1, -0.05) is 12.0 Å². The minimum atomic E-state index is -0.547. The number of nitrogens with one attached hydrogen (secondary N) is 1. The Kier molecular flexibility index (Phi) is 7.35. The van der Waals surface area contributed by atoms with Crippen LogP contribution in [0.1, 0.15) is 31.2 Å². The largest absolute Gasteiger partial charge is 0.508 e. The summed E-state index contributed by atoms with van der Waals surface area (Å²) in [6.45, 7) is 4.28. The molecule has 1 saturated carbocycles. The van der Waals surface area contributed by atoms with E-state index in [4.69, 9.17) is 25.9 Å². The van der Waals surface area contributed by atoms with Gasteiger partial charge in [0.2, 0.25) is 0 Å². The molecular weight excluding hydrogens is 599 g/mol. The average Bonchev–Trinajstić information content (AvgIpc) is 3.70. The fourth-order valence-corrected chi connectivity index (χ4v) is 7.70. The number of phenolic OH excluding ortho intramolecular Hbond substituents is 1. The molecule has 2 aromatic carbocycles. The van der Waals surface area contributed by atoms with Crippen LogP contribution in [0.25, 0.3) is 32.9 Å². The molecule has 2 N–H and O–H groups in total. The number of nitrogens with zero attached hydrogens (tertiary/aromatic N) is 5. The molecule has 2 bridgehead atoms. The smallest absolute Gasteiger partial charge is 0.318 e. The van der Waals surface area contributed by atoms with Crippen molar-refractivity contribution in [2.75, 3.05) is 58.5 Å². The maximum absolute atomic E-state index is 15.1. The zero-order valence-electron chi connectivity index (χ0n) is 26.8. The summed E-state index contributed by atoms with van der Waals surface area (Å²) in [5, 5.41) is 15.9. The Morgan fingerprint density at radius 2 is 1.91 bits per heavy atom. The quantitative estimate of drug-likeness (QED) is 0.266. The van der Waals surface area contributed by atoms with Gasteiger partial charge in [-0.05, 0) is 69.4 Å². The van der Waals surface area contributed by atoms with Crippen LogP contribution in [-0.2, 0) is 11.3 Å². The molecule has 5 heterocycles. The molecule has 2 unspecified atom stereocenters. The number of fused-ring (bicyclic) bond motifs is 4. The standard InChI is InChI=1S/C36H39FN6O4/c1-4-26-28(37)8-5-22-11-25(44)12-27(31(22)26)30-13-29-32(34(45)43(30)14-21-17-46-18-21)33(42-15-23-6-7-24(16-42)38-23)40-35(39-29)47-20-36(9-10-36)19-41(2)3/h1,5,8,11-13,21,23-24,38,44H,6-7,9-10,14-20H2,2-3H3. The summed E-state index contributed by atoms with van der Waals surface area (Å²) < 4.78 is 28.7. The van der Waals surface area contributed by atoms with Gasteiger partial charge in [0.1, 0.15) is 22.8 Å². The molecule has 0 amide bonds. The maximum Gasteiger partial charge on any atom is 0.318 e. The van der Waals surface area contributed by atoms with Crippen molar-refractivity contribution in [1.82, 2.24) is 24.8 Å². The Bertz CT molecular complexity index is 1980. The van der Waals surface area contributed by atoms with Crippen molar-refractivity contribution in [3.63, 3.8) is 0 Å². The van der Waals surface area contributed by atoms with Crippen LogP contribution < -0.4 is 20.5 Å². The zero-order valence-corrected chi connectivity index (χ0v) is 26.8. The Morgan fingerprint density at radius 3 is 2.57 bits per heavy atom. The second-order valence-electron chi connectivity index (χ2n) is 14.2. The Labute approximate surface area is 272 Å². The Hall–Kier alpha value is -4.24. The van der Waals surface area contributed by atoms with Gasteiger partial charge in [0, 0.05) is 60.5 Å². The van der Waals surface area contributed by atoms with E-state index in [0.717, 1.165) is 45.3 Å². The molecule has 4 aromatic rings. The van der Waals surface area contributed by atoms with E-state index in [-0.39, 0.29) is 34.2 Å². The number of hydrogen-bond donors (Lipinski definition) is 2. The molecule has 2 aromatic heterocycles. The van der Waals surface area contributed by atoms with Crippen LogP contribution in [0, 0.1) is 29.5 Å². The third kappa shape index (κ3) is 5.48. The van der Waals surface area contributed by atoms with Gasteiger partial charge in [-0.3, -0.25) is 4.79 Å². The van der Waals surface area contributed by atoms with Crippen molar-refractivity contribution in [2.24, 2.45) is 11.3 Å². The number of terminal acetylenes is 1. The van der Waals surface area contributed by atoms with Crippen molar-refractivity contribution < 1.29 is 19.0 Å². The zero-order chi connectivity index (χ0) is 32.4. The third-order valence-corrected chi connectivity index (χ3v) is 10.2. The van der Waals surface area contributed by atoms with Crippen LogP contribution in [-0.4, -0.2) is 90.2 Å². The van der Waals surface area contributed by atoms with E-state index in [2.05, 4.69) is 35.1 Å². The van der Waals surface area contributed by atoms with E-state index in [9.17, 15) is 9.90 Å². The Morgan fingerprint density at radius 1 is 1.15 bits per heavy atom. The van der Waals surface area contributed by atoms with E-state index in [1.54, 1.807) is 22.8 Å². The van der Waals surface area contributed by atoms with Gasteiger partial charge < -0.3 is 34.3 Å². The molecule has 2 atom stereocenters. The van der Waals surface area contributed by atoms with Crippen molar-refractivity contribution in [3.8, 4) is 35.4 Å². The lowest BCUT2D eigenvalue weighted by Gasteiger charge is -2.34. The lowest BCUT2D eigenvalue weighted by atomic mass is 9.95. The lowest BCUT2D eigenvalue weighted by Crippen LogP contribution is -2.51. The molecule has 10 nitrogen and oxygen atoms in total. The molecule has 4 aliphatic rings. The van der Waals surface area contributed by atoms with Crippen molar-refractivity contribution >= 4 is 27.5 Å². The third-order valence-electron chi connectivity index (χ3n) is 10.2. The first-order valence-electron chi connectivity index (χ1n) is 16.4. The summed E-state index contributed by atoms with van der Waals surface area (Å²) in [5.41, 5.74) is 1.26. The number of pyridine rings is 1. The number of phenols is 1. The van der Waals surface area contributed by atoms with Crippen LogP contribution in [0.15, 0.2) is 35.1 Å². The maximum atomic E-state index is 15.1. The molecule has 0 spiro atoms. The average molecular weight is 639 g/mol. The van der Waals surface area contributed by atoms with Crippen LogP contribution >= 0.6 is 0 Å². The van der Waals surface area contributed by atoms with Crippen molar-refractivity contribution in [1.29, 1.82) is 0 Å². The highest BCUT2D eigenvalue weighted by molar-refractivity contribution is 6.03. The first-order valence-corrected chi connectivity index (χ1v) is 16.4. The Balaban J connectivity index is 1.35. The summed E-state index contributed by atoms with van der Waals surface area (Å²) in [4.78, 5) is 29.0. The first-order chi connectivity index (χ1) is 22.7. The van der Waals surface area contributed by atoms with Gasteiger partial charge >= 0.3 is 6.01 Å². The topological polar surface area (TPSA) is 105 Å². The van der Waals surface area contributed by atoms with E-state index in [0.29, 0.717) is 77.2 Å². The molecule has 244 valence electrons. The number of benzene rings is 2. The van der Waals surface area contributed by atoms with Crippen LogP contribution in [0.4, 0.5) is 10.2 Å². The number of anilines is 1. The number of aromatic hydroxyl groups is 1.